The Labute approximate surface area is 162 Å². The molecule has 0 saturated carbocycles. The monoisotopic (exact) mass is 414 g/mol. The molecule has 0 aliphatic rings. The molecule has 29 heavy (non-hydrogen) atoms. The third-order valence-corrected chi connectivity index (χ3v) is 4.32. The van der Waals surface area contributed by atoms with E-state index in [9.17, 15) is 27.5 Å². The molecule has 0 radical (unpaired) electrons. The quantitative estimate of drug-likeness (QED) is 0.626. The van der Waals surface area contributed by atoms with E-state index in [0.29, 0.717) is 11.4 Å². The van der Waals surface area contributed by atoms with E-state index in [0.717, 1.165) is 12.1 Å². The predicted molar refractivity (Wildman–Crippen MR) is 94.9 cm³/mol. The van der Waals surface area contributed by atoms with Crippen molar-refractivity contribution < 1.29 is 27.4 Å². The molecule has 0 saturated heterocycles. The lowest BCUT2D eigenvalue weighted by Crippen LogP contribution is -2.21. The van der Waals surface area contributed by atoms with Gasteiger partial charge in [-0.3, -0.25) is 4.79 Å². The van der Waals surface area contributed by atoms with Crippen LogP contribution < -0.4 is 10.3 Å². The summed E-state index contributed by atoms with van der Waals surface area (Å²) in [7, 11) is 0. The van der Waals surface area contributed by atoms with Gasteiger partial charge in [0.05, 0.1) is 12.6 Å². The molecule has 156 valence electrons. The summed E-state index contributed by atoms with van der Waals surface area (Å²) in [6.45, 7) is 4.66. The van der Waals surface area contributed by atoms with Crippen LogP contribution in [0.4, 0.5) is 17.6 Å². The molecule has 0 aliphatic carbocycles. The summed E-state index contributed by atoms with van der Waals surface area (Å²) in [5, 5.41) is 14.0. The van der Waals surface area contributed by atoms with Crippen molar-refractivity contribution in [2.24, 2.45) is 5.92 Å². The first kappa shape index (κ1) is 20.8. The van der Waals surface area contributed by atoms with Gasteiger partial charge in [-0.2, -0.15) is 5.10 Å². The molecule has 11 heteroatoms. The van der Waals surface area contributed by atoms with Crippen LogP contribution in [-0.2, 0) is 6.61 Å². The number of aryl methyl sites for hydroxylation is 1. The standard InChI is InChI=1S/C18H18F4N4O3/c1-8(2)15(10-4-5-13(11(19)6-10)29-18(20,21)22)26-16-14(12(7-27)25-26)17(28)24-9(3)23-16/h4-6,8,15,27H,7H2,1-3H3,(H,23,24,28)/t15-/m1/s1. The zero-order valence-corrected chi connectivity index (χ0v) is 15.7. The Balaban J connectivity index is 2.17. The van der Waals surface area contributed by atoms with Crippen molar-refractivity contribution in [3.05, 3.63) is 51.5 Å². The lowest BCUT2D eigenvalue weighted by molar-refractivity contribution is -0.275. The van der Waals surface area contributed by atoms with Crippen LogP contribution in [0.1, 0.15) is 37.0 Å². The van der Waals surface area contributed by atoms with E-state index < -0.39 is 36.1 Å². The minimum Gasteiger partial charge on any atom is -0.403 e. The molecule has 1 aromatic carbocycles. The van der Waals surface area contributed by atoms with Crippen LogP contribution in [0.15, 0.2) is 23.0 Å². The van der Waals surface area contributed by atoms with Crippen molar-refractivity contribution in [1.29, 1.82) is 0 Å². The fourth-order valence-corrected chi connectivity index (χ4v) is 3.25. The Bertz CT molecular complexity index is 1100. The molecule has 0 unspecified atom stereocenters. The van der Waals surface area contributed by atoms with Gasteiger partial charge < -0.3 is 14.8 Å². The summed E-state index contributed by atoms with van der Waals surface area (Å²) in [5.74, 6) is -2.03. The van der Waals surface area contributed by atoms with E-state index in [2.05, 4.69) is 19.8 Å². The van der Waals surface area contributed by atoms with Crippen LogP contribution in [0.5, 0.6) is 5.75 Å². The molecule has 2 N–H and O–H groups in total. The molecule has 7 nitrogen and oxygen atoms in total. The van der Waals surface area contributed by atoms with Crippen molar-refractivity contribution >= 4 is 11.0 Å². The Morgan fingerprint density at radius 2 is 2.00 bits per heavy atom. The normalized spacial score (nSPS) is 13.3. The average molecular weight is 414 g/mol. The number of H-pyrrole nitrogens is 1. The van der Waals surface area contributed by atoms with E-state index in [1.54, 1.807) is 20.8 Å². The molecule has 0 amide bonds. The van der Waals surface area contributed by atoms with Crippen LogP contribution in [0.3, 0.4) is 0 Å². The summed E-state index contributed by atoms with van der Waals surface area (Å²) in [6, 6.07) is 2.44. The number of halogens is 4. The number of ether oxygens (including phenoxy) is 1. The molecule has 2 heterocycles. The summed E-state index contributed by atoms with van der Waals surface area (Å²) in [4.78, 5) is 19.1. The number of fused-ring (bicyclic) bond motifs is 1. The molecule has 0 bridgehead atoms. The molecule has 3 rings (SSSR count). The number of nitrogens with zero attached hydrogens (tertiary/aromatic N) is 3. The maximum atomic E-state index is 14.3. The molecule has 0 spiro atoms. The molecule has 0 fully saturated rings. The summed E-state index contributed by atoms with van der Waals surface area (Å²) >= 11 is 0. The second-order valence-corrected chi connectivity index (χ2v) is 6.83. The van der Waals surface area contributed by atoms with E-state index in [4.69, 9.17) is 0 Å². The van der Waals surface area contributed by atoms with Crippen molar-refractivity contribution in [1.82, 2.24) is 19.7 Å². The maximum Gasteiger partial charge on any atom is 0.573 e. The Hall–Kier alpha value is -2.95. The smallest absolute Gasteiger partial charge is 0.403 e. The summed E-state index contributed by atoms with van der Waals surface area (Å²) < 4.78 is 56.5. The number of aliphatic hydroxyl groups excluding tert-OH is 1. The largest absolute Gasteiger partial charge is 0.573 e. The zero-order chi connectivity index (χ0) is 21.5. The SMILES string of the molecule is Cc1nc2c(c(CO)nn2[C@@H](c2ccc(OC(F)(F)F)c(F)c2)C(C)C)c(=O)[nH]1. The molecule has 3 aromatic rings. The molecular formula is C18H18F4N4O3. The van der Waals surface area contributed by atoms with E-state index in [1.807, 2.05) is 0 Å². The van der Waals surface area contributed by atoms with E-state index in [1.165, 1.54) is 10.7 Å². The number of hydrogen-bond donors (Lipinski definition) is 2. The fraction of sp³-hybridized carbons (Fsp3) is 0.389. The van der Waals surface area contributed by atoms with Gasteiger partial charge in [-0.15, -0.1) is 13.2 Å². The fourth-order valence-electron chi connectivity index (χ4n) is 3.25. The maximum absolute atomic E-state index is 14.3. The van der Waals surface area contributed by atoms with Crippen molar-refractivity contribution in [2.45, 2.75) is 39.8 Å². The van der Waals surface area contributed by atoms with Gasteiger partial charge in [0.2, 0.25) is 0 Å². The molecule has 1 atom stereocenters. The first-order valence-corrected chi connectivity index (χ1v) is 8.66. The Morgan fingerprint density at radius 3 is 2.55 bits per heavy atom. The highest BCUT2D eigenvalue weighted by Crippen LogP contribution is 2.33. The number of alkyl halides is 3. The number of aliphatic hydroxyl groups is 1. The Kier molecular flexibility index (Phi) is 5.35. The van der Waals surface area contributed by atoms with Gasteiger partial charge in [0, 0.05) is 0 Å². The van der Waals surface area contributed by atoms with Crippen LogP contribution in [0, 0.1) is 18.7 Å². The number of hydrogen-bond acceptors (Lipinski definition) is 5. The second-order valence-electron chi connectivity index (χ2n) is 6.83. The lowest BCUT2D eigenvalue weighted by Gasteiger charge is -2.23. The number of nitrogens with one attached hydrogen (secondary N) is 1. The topological polar surface area (TPSA) is 93.0 Å². The zero-order valence-electron chi connectivity index (χ0n) is 15.7. The Morgan fingerprint density at radius 1 is 1.31 bits per heavy atom. The van der Waals surface area contributed by atoms with Gasteiger partial charge in [0.15, 0.2) is 17.2 Å². The van der Waals surface area contributed by atoms with Crippen molar-refractivity contribution in [3.63, 3.8) is 0 Å². The highest BCUT2D eigenvalue weighted by Gasteiger charge is 2.33. The van der Waals surface area contributed by atoms with Gasteiger partial charge in [0.25, 0.3) is 5.56 Å². The highest BCUT2D eigenvalue weighted by molar-refractivity contribution is 5.77. The first-order chi connectivity index (χ1) is 13.5. The minimum absolute atomic E-state index is 0.0943. The van der Waals surface area contributed by atoms with E-state index in [-0.39, 0.29) is 22.6 Å². The van der Waals surface area contributed by atoms with Gasteiger partial charge in [-0.1, -0.05) is 19.9 Å². The van der Waals surface area contributed by atoms with Gasteiger partial charge in [0.1, 0.15) is 16.9 Å². The second kappa shape index (κ2) is 7.47. The predicted octanol–water partition coefficient (Wildman–Crippen LogP) is 3.20. The van der Waals surface area contributed by atoms with Gasteiger partial charge in [-0.25, -0.2) is 14.1 Å². The van der Waals surface area contributed by atoms with Crippen LogP contribution in [0.2, 0.25) is 0 Å². The first-order valence-electron chi connectivity index (χ1n) is 8.66. The molecular weight excluding hydrogens is 396 g/mol. The van der Waals surface area contributed by atoms with Crippen molar-refractivity contribution in [2.75, 3.05) is 0 Å². The van der Waals surface area contributed by atoms with Crippen molar-refractivity contribution in [3.8, 4) is 5.75 Å². The van der Waals surface area contributed by atoms with Gasteiger partial charge in [-0.05, 0) is 30.5 Å². The number of aromatic nitrogens is 4. The summed E-state index contributed by atoms with van der Waals surface area (Å²) in [6.07, 6.45) is -5.02. The molecule has 2 aromatic heterocycles. The summed E-state index contributed by atoms with van der Waals surface area (Å²) in [5.41, 5.74) is 0.105. The lowest BCUT2D eigenvalue weighted by atomic mass is 9.96. The minimum atomic E-state index is -5.02. The molecule has 0 aliphatic heterocycles. The number of benzene rings is 1. The number of aromatic amines is 1. The van der Waals surface area contributed by atoms with Gasteiger partial charge >= 0.3 is 6.36 Å². The third kappa shape index (κ3) is 4.09. The number of rotatable bonds is 5. The third-order valence-electron chi connectivity index (χ3n) is 4.32. The van der Waals surface area contributed by atoms with E-state index >= 15 is 0 Å². The highest BCUT2D eigenvalue weighted by atomic mass is 19.4. The van der Waals surface area contributed by atoms with Crippen LogP contribution in [-0.4, -0.2) is 31.2 Å². The van der Waals surface area contributed by atoms with Crippen LogP contribution in [0.25, 0.3) is 11.0 Å². The average Bonchev–Trinajstić information content (AvgIpc) is 2.94. The van der Waals surface area contributed by atoms with Crippen LogP contribution >= 0.6 is 0 Å².